The van der Waals surface area contributed by atoms with Gasteiger partial charge >= 0.3 is 6.09 Å². The molecule has 0 radical (unpaired) electrons. The summed E-state index contributed by atoms with van der Waals surface area (Å²) in [6, 6.07) is 0. The quantitative estimate of drug-likeness (QED) is 0.822. The van der Waals surface area contributed by atoms with E-state index in [1.165, 1.54) is 37.7 Å². The fourth-order valence-corrected chi connectivity index (χ4v) is 2.54. The molecule has 6 nitrogen and oxygen atoms in total. The van der Waals surface area contributed by atoms with E-state index in [2.05, 4.69) is 5.10 Å². The van der Waals surface area contributed by atoms with Crippen molar-refractivity contribution in [3.63, 3.8) is 0 Å². The van der Waals surface area contributed by atoms with Crippen LogP contribution in [0.15, 0.2) is 5.10 Å². The van der Waals surface area contributed by atoms with Gasteiger partial charge in [0.05, 0.1) is 18.7 Å². The van der Waals surface area contributed by atoms with Crippen LogP contribution in [0.25, 0.3) is 0 Å². The summed E-state index contributed by atoms with van der Waals surface area (Å²) >= 11 is 0. The van der Waals surface area contributed by atoms with E-state index in [1.54, 1.807) is 0 Å². The molecule has 0 unspecified atom stereocenters. The smallest absolute Gasteiger partial charge is 0.407 e. The Balaban J connectivity index is 1.89. The zero-order valence-corrected chi connectivity index (χ0v) is 10.6. The maximum atomic E-state index is 11.8. The molecule has 1 aliphatic heterocycles. The Kier molecular flexibility index (Phi) is 3.84. The van der Waals surface area contributed by atoms with Gasteiger partial charge in [-0.25, -0.2) is 9.80 Å². The zero-order valence-electron chi connectivity index (χ0n) is 10.6. The molecule has 0 bridgehead atoms. The average molecular weight is 253 g/mol. The number of hydrogen-bond acceptors (Lipinski definition) is 3. The Morgan fingerprint density at radius 1 is 1.50 bits per heavy atom. The standard InChI is InChI=1S/C12H19N3O3/c1-14(12(17)18)8-10-6-11(16)15(13-10)7-9-4-2-3-5-9/h9H,2-8H2,1H3,(H,17,18). The molecule has 100 valence electrons. The lowest BCUT2D eigenvalue weighted by Crippen LogP contribution is -2.30. The fourth-order valence-electron chi connectivity index (χ4n) is 2.54. The summed E-state index contributed by atoms with van der Waals surface area (Å²) < 4.78 is 0. The number of hydrazone groups is 1. The highest BCUT2D eigenvalue weighted by atomic mass is 16.4. The van der Waals surface area contributed by atoms with Gasteiger partial charge in [-0.2, -0.15) is 5.10 Å². The van der Waals surface area contributed by atoms with Crippen LogP contribution in [0, 0.1) is 5.92 Å². The second-order valence-electron chi connectivity index (χ2n) is 5.11. The third-order valence-electron chi connectivity index (χ3n) is 3.56. The van der Waals surface area contributed by atoms with Gasteiger partial charge in [0.1, 0.15) is 0 Å². The van der Waals surface area contributed by atoms with Gasteiger partial charge in [-0.1, -0.05) is 12.8 Å². The van der Waals surface area contributed by atoms with Crippen molar-refractivity contribution in [2.75, 3.05) is 20.1 Å². The van der Waals surface area contributed by atoms with Crippen LogP contribution in [-0.2, 0) is 4.79 Å². The lowest BCUT2D eigenvalue weighted by atomic mass is 10.1. The first kappa shape index (κ1) is 12.9. The zero-order chi connectivity index (χ0) is 13.1. The van der Waals surface area contributed by atoms with Crippen molar-refractivity contribution in [1.82, 2.24) is 9.91 Å². The number of carboxylic acid groups (broad SMARTS) is 1. The van der Waals surface area contributed by atoms with Gasteiger partial charge in [-0.05, 0) is 18.8 Å². The first-order valence-corrected chi connectivity index (χ1v) is 6.37. The molecule has 0 saturated heterocycles. The molecule has 0 spiro atoms. The van der Waals surface area contributed by atoms with Crippen molar-refractivity contribution >= 4 is 17.7 Å². The summed E-state index contributed by atoms with van der Waals surface area (Å²) in [4.78, 5) is 23.6. The highest BCUT2D eigenvalue weighted by Crippen LogP contribution is 2.26. The lowest BCUT2D eigenvalue weighted by molar-refractivity contribution is -0.129. The van der Waals surface area contributed by atoms with E-state index >= 15 is 0 Å². The van der Waals surface area contributed by atoms with Gasteiger partial charge in [-0.3, -0.25) is 4.79 Å². The van der Waals surface area contributed by atoms with Crippen molar-refractivity contribution in [2.24, 2.45) is 11.0 Å². The number of carbonyl (C=O) groups excluding carboxylic acids is 1. The molecular weight excluding hydrogens is 234 g/mol. The van der Waals surface area contributed by atoms with E-state index < -0.39 is 6.09 Å². The second-order valence-corrected chi connectivity index (χ2v) is 5.11. The molecule has 0 atom stereocenters. The molecule has 6 heteroatoms. The van der Waals surface area contributed by atoms with E-state index in [4.69, 9.17) is 5.11 Å². The molecule has 18 heavy (non-hydrogen) atoms. The molecule has 2 amide bonds. The molecule has 1 fully saturated rings. The third kappa shape index (κ3) is 3.00. The SMILES string of the molecule is CN(CC1=NN(CC2CCCC2)C(=O)C1)C(=O)O. The summed E-state index contributed by atoms with van der Waals surface area (Å²) in [6.45, 7) is 0.904. The normalized spacial score (nSPS) is 20.4. The van der Waals surface area contributed by atoms with Crippen LogP contribution in [0.4, 0.5) is 4.79 Å². The van der Waals surface area contributed by atoms with Gasteiger partial charge in [0.2, 0.25) is 5.91 Å². The minimum Gasteiger partial charge on any atom is -0.465 e. The molecule has 0 aromatic rings. The maximum Gasteiger partial charge on any atom is 0.407 e. The molecule has 1 saturated carbocycles. The highest BCUT2D eigenvalue weighted by Gasteiger charge is 2.28. The van der Waals surface area contributed by atoms with Crippen molar-refractivity contribution in [3.8, 4) is 0 Å². The molecule has 0 aromatic heterocycles. The summed E-state index contributed by atoms with van der Waals surface area (Å²) in [6.07, 6.45) is 4.08. The van der Waals surface area contributed by atoms with E-state index in [9.17, 15) is 9.59 Å². The van der Waals surface area contributed by atoms with Gasteiger partial charge in [0.15, 0.2) is 0 Å². The van der Waals surface area contributed by atoms with Crippen molar-refractivity contribution < 1.29 is 14.7 Å². The minimum atomic E-state index is -1.00. The van der Waals surface area contributed by atoms with Gasteiger partial charge in [0.25, 0.3) is 0 Å². The molecular formula is C12H19N3O3. The highest BCUT2D eigenvalue weighted by molar-refractivity contribution is 6.06. The van der Waals surface area contributed by atoms with E-state index in [0.717, 1.165) is 4.90 Å². The van der Waals surface area contributed by atoms with E-state index in [0.29, 0.717) is 18.2 Å². The monoisotopic (exact) mass is 253 g/mol. The number of amides is 2. The van der Waals surface area contributed by atoms with Crippen LogP contribution in [-0.4, -0.2) is 52.9 Å². The maximum absolute atomic E-state index is 11.8. The van der Waals surface area contributed by atoms with E-state index in [1.807, 2.05) is 0 Å². The van der Waals surface area contributed by atoms with Gasteiger partial charge in [0, 0.05) is 13.6 Å². The molecule has 0 aromatic carbocycles. The molecule has 1 N–H and O–H groups in total. The Bertz CT molecular complexity index is 375. The van der Waals surface area contributed by atoms with Crippen molar-refractivity contribution in [3.05, 3.63) is 0 Å². The molecule has 1 aliphatic carbocycles. The van der Waals surface area contributed by atoms with Crippen molar-refractivity contribution in [1.29, 1.82) is 0 Å². The van der Waals surface area contributed by atoms with Crippen LogP contribution in [0.1, 0.15) is 32.1 Å². The van der Waals surface area contributed by atoms with Crippen molar-refractivity contribution in [2.45, 2.75) is 32.1 Å². The summed E-state index contributed by atoms with van der Waals surface area (Å²) in [5.41, 5.74) is 0.642. The summed E-state index contributed by atoms with van der Waals surface area (Å²) in [5.74, 6) is 0.560. The largest absolute Gasteiger partial charge is 0.465 e. The predicted molar refractivity (Wildman–Crippen MR) is 66.4 cm³/mol. The predicted octanol–water partition coefficient (Wildman–Crippen LogP) is 1.37. The molecule has 1 heterocycles. The van der Waals surface area contributed by atoms with Gasteiger partial charge < -0.3 is 10.0 Å². The Hall–Kier alpha value is -1.59. The topological polar surface area (TPSA) is 73.2 Å². The Morgan fingerprint density at radius 3 is 2.78 bits per heavy atom. The lowest BCUT2D eigenvalue weighted by Gasteiger charge is -2.16. The second kappa shape index (κ2) is 5.37. The first-order valence-electron chi connectivity index (χ1n) is 6.37. The summed E-state index contributed by atoms with van der Waals surface area (Å²) in [7, 11) is 1.48. The van der Waals surface area contributed by atoms with Crippen LogP contribution in [0.5, 0.6) is 0 Å². The third-order valence-corrected chi connectivity index (χ3v) is 3.56. The number of hydrogen-bond donors (Lipinski definition) is 1. The van der Waals surface area contributed by atoms with Crippen LogP contribution in [0.3, 0.4) is 0 Å². The van der Waals surface area contributed by atoms with Crippen LogP contribution >= 0.6 is 0 Å². The number of rotatable bonds is 4. The van der Waals surface area contributed by atoms with Crippen LogP contribution < -0.4 is 0 Å². The Labute approximate surface area is 106 Å². The minimum absolute atomic E-state index is 0.00399. The number of carbonyl (C=O) groups is 2. The summed E-state index contributed by atoms with van der Waals surface area (Å²) in [5, 5.41) is 14.6. The van der Waals surface area contributed by atoms with E-state index in [-0.39, 0.29) is 18.9 Å². The Morgan fingerprint density at radius 2 is 2.17 bits per heavy atom. The van der Waals surface area contributed by atoms with Crippen LogP contribution in [0.2, 0.25) is 0 Å². The molecule has 2 rings (SSSR count). The van der Waals surface area contributed by atoms with Gasteiger partial charge in [-0.15, -0.1) is 0 Å². The molecule has 2 aliphatic rings. The average Bonchev–Trinajstić information content (AvgIpc) is 2.90. The fraction of sp³-hybridized carbons (Fsp3) is 0.750. The number of nitrogens with zero attached hydrogens (tertiary/aromatic N) is 3. The first-order chi connectivity index (χ1) is 8.56.